The third-order valence-corrected chi connectivity index (χ3v) is 4.90. The lowest BCUT2D eigenvalue weighted by Gasteiger charge is -2.09. The molecule has 0 bridgehead atoms. The predicted octanol–water partition coefficient (Wildman–Crippen LogP) is 5.42. The number of halogens is 2. The first-order valence-electron chi connectivity index (χ1n) is 9.05. The maximum atomic E-state index is 13.3. The zero-order valence-corrected chi connectivity index (χ0v) is 17.7. The van der Waals surface area contributed by atoms with Crippen LogP contribution >= 0.6 is 23.8 Å². The molecule has 2 N–H and O–H groups in total. The quantitative estimate of drug-likeness (QED) is 0.400. The van der Waals surface area contributed by atoms with Gasteiger partial charge in [-0.2, -0.15) is 0 Å². The number of amides is 1. The molecule has 0 saturated carbocycles. The van der Waals surface area contributed by atoms with Crippen molar-refractivity contribution in [1.29, 1.82) is 0 Å². The van der Waals surface area contributed by atoms with Crippen molar-refractivity contribution in [2.45, 2.75) is 0 Å². The van der Waals surface area contributed by atoms with E-state index in [1.807, 2.05) is 0 Å². The van der Waals surface area contributed by atoms with Gasteiger partial charge in [-0.25, -0.2) is 9.37 Å². The molecule has 0 aliphatic rings. The fraction of sp³-hybridized carbons (Fsp3) is 0.0455. The Labute approximate surface area is 187 Å². The van der Waals surface area contributed by atoms with Gasteiger partial charge in [0, 0.05) is 11.3 Å². The van der Waals surface area contributed by atoms with E-state index in [1.165, 1.54) is 18.2 Å². The second-order valence-corrected chi connectivity index (χ2v) is 7.28. The van der Waals surface area contributed by atoms with E-state index < -0.39 is 5.82 Å². The van der Waals surface area contributed by atoms with Crippen LogP contribution in [-0.2, 0) is 0 Å². The van der Waals surface area contributed by atoms with Gasteiger partial charge < -0.3 is 14.5 Å². The normalized spacial score (nSPS) is 10.7. The Balaban J connectivity index is 1.48. The van der Waals surface area contributed by atoms with E-state index in [0.29, 0.717) is 33.7 Å². The lowest BCUT2D eigenvalue weighted by molar-refractivity contribution is 0.0977. The van der Waals surface area contributed by atoms with E-state index in [0.717, 1.165) is 0 Å². The Kier molecular flexibility index (Phi) is 5.83. The van der Waals surface area contributed by atoms with Crippen molar-refractivity contribution in [3.8, 4) is 17.2 Å². The Hall–Kier alpha value is -3.49. The van der Waals surface area contributed by atoms with Gasteiger partial charge in [-0.3, -0.25) is 10.1 Å². The van der Waals surface area contributed by atoms with E-state index in [1.54, 1.807) is 49.6 Å². The maximum absolute atomic E-state index is 13.3. The standard InChI is InChI=1S/C22H15ClFN3O3S/c1-29-15-6-2-12(3-7-15)20(28)27-22(31)25-14-5-9-19-18(11-14)26-21(30-19)16-8-4-13(24)10-17(16)23/h2-11H,1H3,(H2,25,27,28,31). The minimum absolute atomic E-state index is 0.130. The summed E-state index contributed by atoms with van der Waals surface area (Å²) in [7, 11) is 1.55. The van der Waals surface area contributed by atoms with Crippen molar-refractivity contribution in [1.82, 2.24) is 10.3 Å². The number of ether oxygens (including phenoxy) is 1. The van der Waals surface area contributed by atoms with E-state index in [-0.39, 0.29) is 21.9 Å². The van der Waals surface area contributed by atoms with Crippen LogP contribution in [0.25, 0.3) is 22.6 Å². The van der Waals surface area contributed by atoms with Gasteiger partial charge in [-0.15, -0.1) is 0 Å². The van der Waals surface area contributed by atoms with Gasteiger partial charge in [0.25, 0.3) is 5.91 Å². The first-order valence-corrected chi connectivity index (χ1v) is 9.84. The summed E-state index contributed by atoms with van der Waals surface area (Å²) in [4.78, 5) is 16.7. The van der Waals surface area contributed by atoms with E-state index in [9.17, 15) is 9.18 Å². The highest BCUT2D eigenvalue weighted by atomic mass is 35.5. The third-order valence-electron chi connectivity index (χ3n) is 4.39. The summed E-state index contributed by atoms with van der Waals surface area (Å²) in [6.07, 6.45) is 0. The molecule has 1 heterocycles. The molecule has 6 nitrogen and oxygen atoms in total. The number of thiocarbonyl (C=S) groups is 1. The molecular weight excluding hydrogens is 441 g/mol. The number of hydrogen-bond donors (Lipinski definition) is 2. The molecule has 31 heavy (non-hydrogen) atoms. The van der Waals surface area contributed by atoms with Gasteiger partial charge in [0.15, 0.2) is 10.7 Å². The first kappa shape index (κ1) is 20.8. The highest BCUT2D eigenvalue weighted by molar-refractivity contribution is 7.80. The van der Waals surface area contributed by atoms with Crippen LogP contribution in [0.4, 0.5) is 10.1 Å². The minimum Gasteiger partial charge on any atom is -0.497 e. The molecule has 4 aromatic rings. The summed E-state index contributed by atoms with van der Waals surface area (Å²) in [6, 6.07) is 15.8. The van der Waals surface area contributed by atoms with Gasteiger partial charge in [0.2, 0.25) is 5.89 Å². The summed E-state index contributed by atoms with van der Waals surface area (Å²) >= 11 is 11.3. The Morgan fingerprint density at radius 2 is 1.90 bits per heavy atom. The van der Waals surface area contributed by atoms with Crippen LogP contribution in [0.1, 0.15) is 10.4 Å². The van der Waals surface area contributed by atoms with Crippen molar-refractivity contribution >= 4 is 51.6 Å². The van der Waals surface area contributed by atoms with Gasteiger partial charge in [-0.05, 0) is 72.9 Å². The summed E-state index contributed by atoms with van der Waals surface area (Å²) in [5.74, 6) is 0.129. The van der Waals surface area contributed by atoms with Crippen molar-refractivity contribution in [2.24, 2.45) is 0 Å². The average molecular weight is 456 g/mol. The molecule has 4 rings (SSSR count). The molecule has 3 aromatic carbocycles. The van der Waals surface area contributed by atoms with Crippen LogP contribution in [0, 0.1) is 5.82 Å². The van der Waals surface area contributed by atoms with Crippen LogP contribution in [-0.4, -0.2) is 23.1 Å². The number of carbonyl (C=O) groups excluding carboxylic acids is 1. The minimum atomic E-state index is -0.443. The Morgan fingerprint density at radius 3 is 2.61 bits per heavy atom. The smallest absolute Gasteiger partial charge is 0.257 e. The van der Waals surface area contributed by atoms with Crippen molar-refractivity contribution in [2.75, 3.05) is 12.4 Å². The van der Waals surface area contributed by atoms with Crippen molar-refractivity contribution in [3.63, 3.8) is 0 Å². The molecule has 0 aliphatic heterocycles. The van der Waals surface area contributed by atoms with Gasteiger partial charge in [0.05, 0.1) is 17.7 Å². The molecule has 0 saturated heterocycles. The molecule has 0 aliphatic carbocycles. The zero-order valence-electron chi connectivity index (χ0n) is 16.1. The maximum Gasteiger partial charge on any atom is 0.257 e. The Bertz CT molecular complexity index is 1290. The second kappa shape index (κ2) is 8.71. The number of benzene rings is 3. The molecule has 0 unspecified atom stereocenters. The number of nitrogens with zero attached hydrogens (tertiary/aromatic N) is 1. The summed E-state index contributed by atoms with van der Waals surface area (Å²) < 4.78 is 24.1. The molecule has 1 aromatic heterocycles. The first-order chi connectivity index (χ1) is 14.9. The van der Waals surface area contributed by atoms with Crippen molar-refractivity contribution < 1.29 is 18.3 Å². The molecule has 0 fully saturated rings. The molecule has 0 spiro atoms. The van der Waals surface area contributed by atoms with Crippen LogP contribution in [0.5, 0.6) is 5.75 Å². The number of methoxy groups -OCH3 is 1. The number of oxazole rings is 1. The molecule has 0 atom stereocenters. The predicted molar refractivity (Wildman–Crippen MR) is 121 cm³/mol. The Morgan fingerprint density at radius 1 is 1.13 bits per heavy atom. The van der Waals surface area contributed by atoms with Gasteiger partial charge >= 0.3 is 0 Å². The number of carbonyl (C=O) groups is 1. The van der Waals surface area contributed by atoms with E-state index in [4.69, 9.17) is 33.0 Å². The van der Waals surface area contributed by atoms with Crippen molar-refractivity contribution in [3.05, 3.63) is 77.1 Å². The summed E-state index contributed by atoms with van der Waals surface area (Å²) in [5, 5.41) is 5.89. The molecule has 1 amide bonds. The van der Waals surface area contributed by atoms with Gasteiger partial charge in [0.1, 0.15) is 17.1 Å². The average Bonchev–Trinajstić information content (AvgIpc) is 3.16. The molecular formula is C22H15ClFN3O3S. The van der Waals surface area contributed by atoms with Crippen LogP contribution in [0.15, 0.2) is 65.1 Å². The largest absolute Gasteiger partial charge is 0.497 e. The van der Waals surface area contributed by atoms with Gasteiger partial charge in [-0.1, -0.05) is 11.6 Å². The van der Waals surface area contributed by atoms with E-state index >= 15 is 0 Å². The van der Waals surface area contributed by atoms with Crippen LogP contribution in [0.3, 0.4) is 0 Å². The summed E-state index contributed by atoms with van der Waals surface area (Å²) in [5.41, 5.74) is 2.60. The number of aromatic nitrogens is 1. The van der Waals surface area contributed by atoms with Crippen LogP contribution < -0.4 is 15.4 Å². The number of nitrogens with one attached hydrogen (secondary N) is 2. The van der Waals surface area contributed by atoms with E-state index in [2.05, 4.69) is 15.6 Å². The topological polar surface area (TPSA) is 76.4 Å². The number of fused-ring (bicyclic) bond motifs is 1. The number of anilines is 1. The molecule has 156 valence electrons. The number of hydrogen-bond acceptors (Lipinski definition) is 5. The lowest BCUT2D eigenvalue weighted by Crippen LogP contribution is -2.34. The molecule has 9 heteroatoms. The third kappa shape index (κ3) is 4.65. The zero-order chi connectivity index (χ0) is 22.0. The second-order valence-electron chi connectivity index (χ2n) is 6.46. The SMILES string of the molecule is COc1ccc(C(=O)NC(=S)Nc2ccc3oc(-c4ccc(F)cc4Cl)nc3c2)cc1. The monoisotopic (exact) mass is 455 g/mol. The fourth-order valence-electron chi connectivity index (χ4n) is 2.86. The fourth-order valence-corrected chi connectivity index (χ4v) is 3.32. The highest BCUT2D eigenvalue weighted by Gasteiger charge is 2.14. The number of rotatable bonds is 4. The summed E-state index contributed by atoms with van der Waals surface area (Å²) in [6.45, 7) is 0. The van der Waals surface area contributed by atoms with Crippen LogP contribution in [0.2, 0.25) is 5.02 Å². The molecule has 0 radical (unpaired) electrons. The highest BCUT2D eigenvalue weighted by Crippen LogP contribution is 2.31. The lowest BCUT2D eigenvalue weighted by atomic mass is 10.2.